The van der Waals surface area contributed by atoms with Gasteiger partial charge in [0.15, 0.2) is 0 Å². The summed E-state index contributed by atoms with van der Waals surface area (Å²) in [5.74, 6) is 0.272. The van der Waals surface area contributed by atoms with Crippen molar-refractivity contribution >= 4 is 11.9 Å². The number of ether oxygens (including phenoxy) is 1. The summed E-state index contributed by atoms with van der Waals surface area (Å²) in [6.07, 6.45) is 0.904. The van der Waals surface area contributed by atoms with Gasteiger partial charge >= 0.3 is 11.9 Å². The van der Waals surface area contributed by atoms with Gasteiger partial charge in [0.2, 0.25) is 0 Å². The lowest BCUT2D eigenvalue weighted by Crippen LogP contribution is -2.35. The first-order valence-electron chi connectivity index (χ1n) is 4.29. The summed E-state index contributed by atoms with van der Waals surface area (Å²) in [6, 6.07) is 3.36. The number of amides is 1. The lowest BCUT2D eigenvalue weighted by atomic mass is 10.3. The van der Waals surface area contributed by atoms with Crippen LogP contribution in [0.4, 0.5) is 10.6 Å². The Morgan fingerprint density at radius 1 is 1.64 bits per heavy atom. The molecule has 0 atom stereocenters. The lowest BCUT2D eigenvalue weighted by molar-refractivity contribution is -0.893. The fourth-order valence-electron chi connectivity index (χ4n) is 0.963. The van der Waals surface area contributed by atoms with E-state index in [-0.39, 0.29) is 5.82 Å². The summed E-state index contributed by atoms with van der Waals surface area (Å²) in [4.78, 5) is 11.0. The maximum absolute atomic E-state index is 11.0. The number of nitrogens with one attached hydrogen (secondary N) is 1. The van der Waals surface area contributed by atoms with Crippen molar-refractivity contribution in [3.8, 4) is 0 Å². The van der Waals surface area contributed by atoms with Crippen LogP contribution in [0.25, 0.3) is 0 Å². The van der Waals surface area contributed by atoms with Crippen LogP contribution in [0.15, 0.2) is 18.3 Å². The van der Waals surface area contributed by atoms with Crippen molar-refractivity contribution in [2.45, 2.75) is 13.8 Å². The van der Waals surface area contributed by atoms with Gasteiger partial charge in [-0.25, -0.2) is 0 Å². The predicted molar refractivity (Wildman–Crippen MR) is 49.2 cm³/mol. The summed E-state index contributed by atoms with van der Waals surface area (Å²) in [6.45, 7) is 3.84. The average molecular weight is 197 g/mol. The molecule has 14 heavy (non-hydrogen) atoms. The van der Waals surface area contributed by atoms with Crippen LogP contribution in [0.5, 0.6) is 0 Å². The fraction of sp³-hybridized carbons (Fsp3) is 0.333. The second-order valence-corrected chi connectivity index (χ2v) is 2.78. The summed E-state index contributed by atoms with van der Waals surface area (Å²) in [5, 5.41) is 11.7. The first-order chi connectivity index (χ1) is 6.63. The van der Waals surface area contributed by atoms with Gasteiger partial charge in [-0.05, 0) is 25.5 Å². The number of aromatic nitrogens is 1. The van der Waals surface area contributed by atoms with Crippen molar-refractivity contribution in [3.63, 3.8) is 0 Å². The van der Waals surface area contributed by atoms with Crippen LogP contribution in [0.3, 0.4) is 0 Å². The van der Waals surface area contributed by atoms with E-state index in [1.54, 1.807) is 19.1 Å². The van der Waals surface area contributed by atoms with Crippen LogP contribution in [0, 0.1) is 6.92 Å². The zero-order chi connectivity index (χ0) is 10.6. The molecule has 5 nitrogen and oxygen atoms in total. The van der Waals surface area contributed by atoms with E-state index in [0.29, 0.717) is 6.61 Å². The minimum Gasteiger partial charge on any atom is -0.432 e. The highest BCUT2D eigenvalue weighted by Crippen LogP contribution is 2.01. The van der Waals surface area contributed by atoms with Crippen molar-refractivity contribution < 1.29 is 19.5 Å². The second kappa shape index (κ2) is 4.45. The number of hydrogen-bond acceptors (Lipinski definition) is 3. The molecular weight excluding hydrogens is 184 g/mol. The van der Waals surface area contributed by atoms with E-state index in [4.69, 9.17) is 0 Å². The van der Waals surface area contributed by atoms with Gasteiger partial charge in [-0.1, -0.05) is 4.73 Å². The van der Waals surface area contributed by atoms with Gasteiger partial charge in [-0.15, -0.1) is 0 Å². The Bertz CT molecular complexity index is 339. The van der Waals surface area contributed by atoms with Crippen molar-refractivity contribution in [2.75, 3.05) is 11.9 Å². The maximum atomic E-state index is 11.0. The minimum absolute atomic E-state index is 0.272. The zero-order valence-corrected chi connectivity index (χ0v) is 8.15. The van der Waals surface area contributed by atoms with Crippen LogP contribution in [0.2, 0.25) is 0 Å². The number of nitrogens with zero attached hydrogens (tertiary/aromatic N) is 1. The molecule has 1 aromatic heterocycles. The van der Waals surface area contributed by atoms with Gasteiger partial charge in [0.1, 0.15) is 6.20 Å². The molecule has 2 N–H and O–H groups in total. The summed E-state index contributed by atoms with van der Waals surface area (Å²) >= 11 is 0. The van der Waals surface area contributed by atoms with Crippen LogP contribution in [0.1, 0.15) is 12.5 Å². The largest absolute Gasteiger partial charge is 0.504 e. The first-order valence-corrected chi connectivity index (χ1v) is 4.29. The summed E-state index contributed by atoms with van der Waals surface area (Å²) < 4.78 is 5.50. The van der Waals surface area contributed by atoms with Crippen molar-refractivity contribution in [3.05, 3.63) is 23.9 Å². The highest BCUT2D eigenvalue weighted by atomic mass is 16.5. The summed E-state index contributed by atoms with van der Waals surface area (Å²) in [5.41, 5.74) is 0.891. The van der Waals surface area contributed by atoms with Gasteiger partial charge in [0.25, 0.3) is 0 Å². The molecule has 76 valence electrons. The molecule has 0 unspecified atom stereocenters. The Morgan fingerprint density at radius 2 is 2.36 bits per heavy atom. The van der Waals surface area contributed by atoms with Crippen LogP contribution >= 0.6 is 0 Å². The van der Waals surface area contributed by atoms with Crippen molar-refractivity contribution in [1.29, 1.82) is 0 Å². The summed E-state index contributed by atoms with van der Waals surface area (Å²) in [7, 11) is 0. The highest BCUT2D eigenvalue weighted by molar-refractivity contribution is 5.82. The Balaban J connectivity index is 2.72. The molecule has 0 fully saturated rings. The first kappa shape index (κ1) is 10.3. The van der Waals surface area contributed by atoms with Gasteiger partial charge in [0, 0.05) is 6.07 Å². The number of hydrogen-bond donors (Lipinski definition) is 2. The quantitative estimate of drug-likeness (QED) is 0.551. The molecule has 1 rings (SSSR count). The molecule has 5 heteroatoms. The van der Waals surface area contributed by atoms with E-state index >= 15 is 0 Å². The predicted octanol–water partition coefficient (Wildman–Crippen LogP) is 1.09. The standard InChI is InChI=1S/C9H12N2O3/c1-3-14-9(12)10-8-5-4-7(2)6-11(8)13/h4-6,13H,3H2,1-2H3/p+1. The molecule has 1 aromatic rings. The van der Waals surface area contributed by atoms with E-state index in [2.05, 4.69) is 10.1 Å². The third kappa shape index (κ3) is 2.62. The normalized spacial score (nSPS) is 9.57. The molecule has 0 aliphatic carbocycles. The monoisotopic (exact) mass is 197 g/mol. The van der Waals surface area contributed by atoms with E-state index in [1.165, 1.54) is 6.20 Å². The third-order valence-electron chi connectivity index (χ3n) is 1.58. The molecule has 1 heterocycles. The smallest absolute Gasteiger partial charge is 0.432 e. The highest BCUT2D eigenvalue weighted by Gasteiger charge is 2.14. The van der Waals surface area contributed by atoms with E-state index in [0.717, 1.165) is 10.3 Å². The second-order valence-electron chi connectivity index (χ2n) is 2.78. The van der Waals surface area contributed by atoms with E-state index in [9.17, 15) is 10.0 Å². The van der Waals surface area contributed by atoms with Crippen molar-refractivity contribution in [1.82, 2.24) is 0 Å². The van der Waals surface area contributed by atoms with Gasteiger partial charge in [-0.2, -0.15) is 10.1 Å². The molecule has 0 spiro atoms. The molecule has 0 aromatic carbocycles. The Labute approximate surface area is 81.9 Å². The zero-order valence-electron chi connectivity index (χ0n) is 8.15. The molecular formula is C9H13N2O3+. The average Bonchev–Trinajstić information content (AvgIpc) is 2.10. The van der Waals surface area contributed by atoms with Gasteiger partial charge in [-0.3, -0.25) is 0 Å². The van der Waals surface area contributed by atoms with Crippen LogP contribution < -0.4 is 10.0 Å². The fourth-order valence-corrected chi connectivity index (χ4v) is 0.963. The molecule has 0 aliphatic rings. The number of carbonyl (C=O) groups excluding carboxylic acids is 1. The number of pyridine rings is 1. The number of anilines is 1. The van der Waals surface area contributed by atoms with E-state index < -0.39 is 6.09 Å². The molecule has 1 amide bonds. The van der Waals surface area contributed by atoms with Gasteiger partial charge < -0.3 is 9.94 Å². The SMILES string of the molecule is CCOC(=O)Nc1ccc(C)c[n+]1O. The third-order valence-corrected chi connectivity index (χ3v) is 1.58. The maximum Gasteiger partial charge on any atom is 0.504 e. The Hall–Kier alpha value is -1.78. The minimum atomic E-state index is -0.584. The van der Waals surface area contributed by atoms with Crippen molar-refractivity contribution in [2.24, 2.45) is 0 Å². The number of carbonyl (C=O) groups is 1. The van der Waals surface area contributed by atoms with Crippen LogP contribution in [-0.4, -0.2) is 17.9 Å². The molecule has 0 radical (unpaired) electrons. The topological polar surface area (TPSA) is 62.4 Å². The van der Waals surface area contributed by atoms with Crippen LogP contribution in [-0.2, 0) is 4.74 Å². The van der Waals surface area contributed by atoms with Gasteiger partial charge in [0.05, 0.1) is 6.61 Å². The molecule has 0 saturated carbocycles. The molecule has 0 aliphatic heterocycles. The molecule has 0 saturated heterocycles. The lowest BCUT2D eigenvalue weighted by Gasteiger charge is -2.00. The number of rotatable bonds is 2. The Kier molecular flexibility index (Phi) is 3.28. The number of aryl methyl sites for hydroxylation is 1. The van der Waals surface area contributed by atoms with E-state index in [1.807, 2.05) is 6.92 Å². The Morgan fingerprint density at radius 3 is 2.93 bits per heavy atom. The molecule has 0 bridgehead atoms.